The van der Waals surface area contributed by atoms with Crippen LogP contribution in [0.25, 0.3) is 0 Å². The second kappa shape index (κ2) is 7.61. The largest absolute Gasteiger partial charge is 0.493 e. The van der Waals surface area contributed by atoms with Gasteiger partial charge < -0.3 is 20.1 Å². The van der Waals surface area contributed by atoms with Crippen LogP contribution < -0.4 is 20.1 Å². The van der Waals surface area contributed by atoms with E-state index in [1.807, 2.05) is 0 Å². The lowest BCUT2D eigenvalue weighted by atomic mass is 10.2. The van der Waals surface area contributed by atoms with Gasteiger partial charge in [-0.2, -0.15) is 0 Å². The van der Waals surface area contributed by atoms with Gasteiger partial charge in [-0.25, -0.2) is 8.78 Å². The third-order valence-corrected chi connectivity index (χ3v) is 4.30. The van der Waals surface area contributed by atoms with Crippen molar-refractivity contribution in [3.05, 3.63) is 48.0 Å². The molecule has 27 heavy (non-hydrogen) atoms. The van der Waals surface area contributed by atoms with Crippen molar-refractivity contribution < 1.29 is 27.8 Å². The molecule has 2 atom stereocenters. The average molecular weight is 376 g/mol. The first kappa shape index (κ1) is 18.6. The van der Waals surface area contributed by atoms with Crippen molar-refractivity contribution in [1.29, 1.82) is 0 Å². The van der Waals surface area contributed by atoms with Gasteiger partial charge in [-0.1, -0.05) is 0 Å². The van der Waals surface area contributed by atoms with Gasteiger partial charge in [0, 0.05) is 23.5 Å². The van der Waals surface area contributed by atoms with Gasteiger partial charge in [0.2, 0.25) is 11.8 Å². The molecule has 0 radical (unpaired) electrons. The van der Waals surface area contributed by atoms with Gasteiger partial charge in [-0.05, 0) is 30.7 Å². The molecule has 0 aliphatic heterocycles. The van der Waals surface area contributed by atoms with Gasteiger partial charge in [0.05, 0.1) is 26.1 Å². The predicted molar refractivity (Wildman–Crippen MR) is 94.8 cm³/mol. The zero-order valence-corrected chi connectivity index (χ0v) is 14.7. The monoisotopic (exact) mass is 376 g/mol. The molecule has 0 bridgehead atoms. The molecule has 8 heteroatoms. The molecule has 2 N–H and O–H groups in total. The number of rotatable bonds is 6. The highest BCUT2D eigenvalue weighted by Gasteiger charge is 2.48. The molecule has 6 nitrogen and oxygen atoms in total. The fraction of sp³-hybridized carbons (Fsp3) is 0.263. The number of carbonyl (C=O) groups is 2. The Morgan fingerprint density at radius 1 is 0.852 bits per heavy atom. The standard InChI is InChI=1S/C19H18F2N2O4/c1-26-16-6-4-11(8-17(16)27-2)23-19(25)13-9-12(13)18(24)22-10-3-5-14(20)15(21)7-10/h3-8,12-13H,9H2,1-2H3,(H,22,24)(H,23,25). The highest BCUT2D eigenvalue weighted by atomic mass is 19.2. The van der Waals surface area contributed by atoms with Gasteiger partial charge in [0.25, 0.3) is 0 Å². The second-order valence-corrected chi connectivity index (χ2v) is 6.13. The molecule has 2 amide bonds. The lowest BCUT2D eigenvalue weighted by Gasteiger charge is -2.10. The number of amides is 2. The van der Waals surface area contributed by atoms with Crippen LogP contribution in [0.2, 0.25) is 0 Å². The van der Waals surface area contributed by atoms with E-state index in [-0.39, 0.29) is 11.6 Å². The SMILES string of the molecule is COc1ccc(NC(=O)C2CC2C(=O)Nc2ccc(F)c(F)c2)cc1OC. The molecule has 1 aliphatic carbocycles. The maximum Gasteiger partial charge on any atom is 0.228 e. The van der Waals surface area contributed by atoms with Gasteiger partial charge in [0.1, 0.15) is 0 Å². The summed E-state index contributed by atoms with van der Waals surface area (Å²) in [5, 5.41) is 5.22. The van der Waals surface area contributed by atoms with Crippen LogP contribution in [0.3, 0.4) is 0 Å². The van der Waals surface area contributed by atoms with Gasteiger partial charge >= 0.3 is 0 Å². The molecular weight excluding hydrogens is 358 g/mol. The lowest BCUT2D eigenvalue weighted by molar-refractivity contribution is -0.122. The van der Waals surface area contributed by atoms with Crippen molar-refractivity contribution in [1.82, 2.24) is 0 Å². The van der Waals surface area contributed by atoms with E-state index >= 15 is 0 Å². The molecule has 0 heterocycles. The van der Waals surface area contributed by atoms with E-state index in [1.54, 1.807) is 18.2 Å². The molecule has 2 aromatic carbocycles. The average Bonchev–Trinajstić information content (AvgIpc) is 3.45. The third kappa shape index (κ3) is 4.16. The van der Waals surface area contributed by atoms with Crippen molar-refractivity contribution in [3.8, 4) is 11.5 Å². The Labute approximate surface area is 154 Å². The fourth-order valence-electron chi connectivity index (χ4n) is 2.73. The zero-order chi connectivity index (χ0) is 19.6. The van der Waals surface area contributed by atoms with Crippen LogP contribution >= 0.6 is 0 Å². The third-order valence-electron chi connectivity index (χ3n) is 4.30. The number of carbonyl (C=O) groups excluding carboxylic acids is 2. The molecule has 3 rings (SSSR count). The summed E-state index contributed by atoms with van der Waals surface area (Å²) in [5.41, 5.74) is 0.661. The summed E-state index contributed by atoms with van der Waals surface area (Å²) in [5.74, 6) is -2.75. The smallest absolute Gasteiger partial charge is 0.228 e. The van der Waals surface area contributed by atoms with E-state index in [2.05, 4.69) is 10.6 Å². The van der Waals surface area contributed by atoms with Gasteiger partial charge in [-0.3, -0.25) is 9.59 Å². The maximum atomic E-state index is 13.2. The first-order valence-electron chi connectivity index (χ1n) is 8.21. The Morgan fingerprint density at radius 2 is 1.41 bits per heavy atom. The highest BCUT2D eigenvalue weighted by molar-refractivity contribution is 6.03. The Kier molecular flexibility index (Phi) is 5.25. The Hall–Kier alpha value is -3.16. The normalized spacial score (nSPS) is 17.8. The Morgan fingerprint density at radius 3 is 1.96 bits per heavy atom. The van der Waals surface area contributed by atoms with Crippen molar-refractivity contribution in [2.75, 3.05) is 24.9 Å². The van der Waals surface area contributed by atoms with E-state index in [0.717, 1.165) is 12.1 Å². The summed E-state index contributed by atoms with van der Waals surface area (Å²) in [6.07, 6.45) is 0.384. The van der Waals surface area contributed by atoms with Crippen LogP contribution in [-0.4, -0.2) is 26.0 Å². The van der Waals surface area contributed by atoms with Crippen molar-refractivity contribution in [3.63, 3.8) is 0 Å². The minimum Gasteiger partial charge on any atom is -0.493 e. The first-order valence-corrected chi connectivity index (χ1v) is 8.21. The molecule has 142 valence electrons. The fourth-order valence-corrected chi connectivity index (χ4v) is 2.73. The number of ether oxygens (including phenoxy) is 2. The molecule has 0 spiro atoms. The van der Waals surface area contributed by atoms with Crippen LogP contribution in [0, 0.1) is 23.5 Å². The number of benzene rings is 2. The minimum absolute atomic E-state index is 0.143. The molecule has 2 aromatic rings. The van der Waals surface area contributed by atoms with Crippen LogP contribution in [0.1, 0.15) is 6.42 Å². The van der Waals surface area contributed by atoms with Gasteiger partial charge in [0.15, 0.2) is 23.1 Å². The van der Waals surface area contributed by atoms with Crippen LogP contribution in [0.5, 0.6) is 11.5 Å². The Bertz CT molecular complexity index is 888. The van der Waals surface area contributed by atoms with Crippen LogP contribution in [-0.2, 0) is 9.59 Å². The Balaban J connectivity index is 1.58. The number of halogens is 2. The zero-order valence-electron chi connectivity index (χ0n) is 14.7. The van der Waals surface area contributed by atoms with E-state index in [9.17, 15) is 18.4 Å². The molecule has 1 fully saturated rings. The number of hydrogen-bond acceptors (Lipinski definition) is 4. The summed E-state index contributed by atoms with van der Waals surface area (Å²) in [4.78, 5) is 24.5. The summed E-state index contributed by atoms with van der Waals surface area (Å²) in [6.45, 7) is 0. The van der Waals surface area contributed by atoms with E-state index in [4.69, 9.17) is 9.47 Å². The molecular formula is C19H18F2N2O4. The maximum absolute atomic E-state index is 13.2. The van der Waals surface area contributed by atoms with E-state index < -0.39 is 29.4 Å². The van der Waals surface area contributed by atoms with Crippen molar-refractivity contribution in [2.24, 2.45) is 11.8 Å². The number of anilines is 2. The molecule has 2 unspecified atom stereocenters. The lowest BCUT2D eigenvalue weighted by Crippen LogP contribution is -2.20. The number of nitrogens with one attached hydrogen (secondary N) is 2. The highest BCUT2D eigenvalue weighted by Crippen LogP contribution is 2.40. The van der Waals surface area contributed by atoms with Gasteiger partial charge in [-0.15, -0.1) is 0 Å². The van der Waals surface area contributed by atoms with Crippen molar-refractivity contribution >= 4 is 23.2 Å². The first-order chi connectivity index (χ1) is 12.9. The van der Waals surface area contributed by atoms with E-state index in [1.165, 1.54) is 20.3 Å². The van der Waals surface area contributed by atoms with E-state index in [0.29, 0.717) is 23.6 Å². The number of hydrogen-bond donors (Lipinski definition) is 2. The molecule has 1 aliphatic rings. The summed E-state index contributed by atoms with van der Waals surface area (Å²) < 4.78 is 36.4. The van der Waals surface area contributed by atoms with Crippen LogP contribution in [0.15, 0.2) is 36.4 Å². The number of methoxy groups -OCH3 is 2. The second-order valence-electron chi connectivity index (χ2n) is 6.13. The molecule has 0 aromatic heterocycles. The minimum atomic E-state index is -1.05. The topological polar surface area (TPSA) is 76.7 Å². The quantitative estimate of drug-likeness (QED) is 0.812. The molecule has 1 saturated carbocycles. The summed E-state index contributed by atoms with van der Waals surface area (Å²) in [6, 6.07) is 8.03. The summed E-state index contributed by atoms with van der Waals surface area (Å²) >= 11 is 0. The van der Waals surface area contributed by atoms with Crippen molar-refractivity contribution in [2.45, 2.75) is 6.42 Å². The molecule has 0 saturated heterocycles. The van der Waals surface area contributed by atoms with Crippen LogP contribution in [0.4, 0.5) is 20.2 Å². The predicted octanol–water partition coefficient (Wildman–Crippen LogP) is 3.20. The summed E-state index contributed by atoms with van der Waals surface area (Å²) in [7, 11) is 3.00.